The van der Waals surface area contributed by atoms with Crippen LogP contribution in [0.4, 0.5) is 0 Å². The van der Waals surface area contributed by atoms with E-state index in [4.69, 9.17) is 0 Å². The van der Waals surface area contributed by atoms with Gasteiger partial charge >= 0.3 is 0 Å². The minimum Gasteiger partial charge on any atom is -0.221 e. The number of halogens is 2. The Hall–Kier alpha value is -0.780. The molecule has 0 N–H and O–H groups in total. The van der Waals surface area contributed by atoms with E-state index >= 15 is 0 Å². The molecule has 2 aromatic heterocycles. The fourth-order valence-corrected chi connectivity index (χ4v) is 3.68. The van der Waals surface area contributed by atoms with Crippen LogP contribution in [-0.4, -0.2) is 9.97 Å². The zero-order valence-corrected chi connectivity index (χ0v) is 12.5. The fourth-order valence-electron chi connectivity index (χ4n) is 1.66. The van der Waals surface area contributed by atoms with Crippen molar-refractivity contribution in [1.82, 2.24) is 9.97 Å². The molecule has 0 aliphatic carbocycles. The van der Waals surface area contributed by atoms with Crippen molar-refractivity contribution >= 4 is 53.3 Å². The number of fused-ring (bicyclic) bond motifs is 1. The first-order valence-electron chi connectivity index (χ1n) is 4.91. The van der Waals surface area contributed by atoms with Gasteiger partial charge in [0, 0.05) is 27.1 Å². The van der Waals surface area contributed by atoms with E-state index in [2.05, 4.69) is 59.3 Å². The smallest absolute Gasteiger partial charge is 0.163 e. The summed E-state index contributed by atoms with van der Waals surface area (Å²) in [6.45, 7) is 0. The quantitative estimate of drug-likeness (QED) is 0.571. The van der Waals surface area contributed by atoms with Crippen LogP contribution in [0, 0.1) is 0 Å². The molecule has 0 radical (unpaired) electrons. The molecule has 1 aromatic carbocycles. The molecule has 0 atom stereocenters. The predicted octanol–water partition coefficient (Wildman–Crippen LogP) is 4.88. The second kappa shape index (κ2) is 4.48. The molecule has 5 heteroatoms. The Morgan fingerprint density at radius 1 is 1.00 bits per heavy atom. The third-order valence-corrected chi connectivity index (χ3v) is 4.16. The first-order valence-corrected chi connectivity index (χ1v) is 7.37. The Morgan fingerprint density at radius 3 is 2.47 bits per heavy atom. The number of hydrogen-bond acceptors (Lipinski definition) is 3. The van der Waals surface area contributed by atoms with Gasteiger partial charge in [0.1, 0.15) is 9.21 Å². The number of thiophene rings is 1. The lowest BCUT2D eigenvalue weighted by Gasteiger charge is -2.00. The van der Waals surface area contributed by atoms with Gasteiger partial charge in [0.15, 0.2) is 5.82 Å². The number of benzene rings is 1. The summed E-state index contributed by atoms with van der Waals surface area (Å²) in [4.78, 5) is 8.82. The largest absolute Gasteiger partial charge is 0.221 e. The molecular formula is C12H6Br2N2S. The van der Waals surface area contributed by atoms with Crippen LogP contribution in [0.1, 0.15) is 0 Å². The lowest BCUT2D eigenvalue weighted by atomic mass is 10.2. The van der Waals surface area contributed by atoms with Crippen LogP contribution < -0.4 is 0 Å². The summed E-state index contributed by atoms with van der Waals surface area (Å²) in [6, 6.07) is 10.1. The van der Waals surface area contributed by atoms with E-state index in [9.17, 15) is 0 Å². The molecule has 0 unspecified atom stereocenters. The molecule has 0 amide bonds. The van der Waals surface area contributed by atoms with Gasteiger partial charge in [0.2, 0.25) is 0 Å². The van der Waals surface area contributed by atoms with Gasteiger partial charge in [-0.1, -0.05) is 18.2 Å². The Balaban J connectivity index is 2.27. The van der Waals surface area contributed by atoms with E-state index in [-0.39, 0.29) is 0 Å². The van der Waals surface area contributed by atoms with Gasteiger partial charge < -0.3 is 0 Å². The highest BCUT2D eigenvalue weighted by Gasteiger charge is 2.09. The van der Waals surface area contributed by atoms with Crippen LogP contribution in [0.5, 0.6) is 0 Å². The molecule has 2 heterocycles. The van der Waals surface area contributed by atoms with Gasteiger partial charge in [-0.3, -0.25) is 0 Å². The molecular weight excluding hydrogens is 364 g/mol. The normalized spacial score (nSPS) is 10.9. The molecule has 0 aliphatic rings. The summed E-state index contributed by atoms with van der Waals surface area (Å²) in [5.41, 5.74) is 1.08. The number of hydrogen-bond donors (Lipinski definition) is 0. The van der Waals surface area contributed by atoms with Crippen LogP contribution in [0.2, 0.25) is 0 Å². The van der Waals surface area contributed by atoms with Gasteiger partial charge in [-0.05, 0) is 37.9 Å². The monoisotopic (exact) mass is 368 g/mol. The molecule has 0 saturated carbocycles. The van der Waals surface area contributed by atoms with E-state index < -0.39 is 0 Å². The van der Waals surface area contributed by atoms with E-state index in [1.54, 1.807) is 11.3 Å². The maximum absolute atomic E-state index is 4.41. The fraction of sp³-hybridized carbons (Fsp3) is 0. The average molecular weight is 370 g/mol. The maximum atomic E-state index is 4.41. The summed E-state index contributed by atoms with van der Waals surface area (Å²) in [7, 11) is 0. The van der Waals surface area contributed by atoms with Crippen molar-refractivity contribution in [3.8, 4) is 11.4 Å². The molecule has 0 aliphatic heterocycles. The first-order chi connectivity index (χ1) is 8.24. The van der Waals surface area contributed by atoms with Crippen molar-refractivity contribution in [1.29, 1.82) is 0 Å². The lowest BCUT2D eigenvalue weighted by Crippen LogP contribution is -1.89. The van der Waals surface area contributed by atoms with E-state index in [1.807, 2.05) is 18.2 Å². The van der Waals surface area contributed by atoms with E-state index in [0.29, 0.717) is 0 Å². The highest BCUT2D eigenvalue weighted by molar-refractivity contribution is 9.11. The Morgan fingerprint density at radius 2 is 1.71 bits per heavy atom. The summed E-state index contributed by atoms with van der Waals surface area (Å²) in [5, 5.41) is 3.29. The van der Waals surface area contributed by atoms with Crippen molar-refractivity contribution in [3.63, 3.8) is 0 Å². The summed E-state index contributed by atoms with van der Waals surface area (Å²) in [5.74, 6) is 0.740. The van der Waals surface area contributed by atoms with Crippen molar-refractivity contribution in [2.24, 2.45) is 0 Å². The summed E-state index contributed by atoms with van der Waals surface area (Å²) in [6.07, 6.45) is 0. The van der Waals surface area contributed by atoms with Gasteiger partial charge in [-0.25, -0.2) is 9.97 Å². The topological polar surface area (TPSA) is 25.8 Å². The van der Waals surface area contributed by atoms with Crippen molar-refractivity contribution in [2.45, 2.75) is 0 Å². The molecule has 0 spiro atoms. The summed E-state index contributed by atoms with van der Waals surface area (Å²) >= 11 is 8.48. The average Bonchev–Trinajstić information content (AvgIpc) is 2.71. The standard InChI is InChI=1S/C12H6Br2N2S/c13-10-5-11(14)16-12(15-10)8-6-17-9-4-2-1-3-7(8)9/h1-6H. The minimum atomic E-state index is 0.740. The van der Waals surface area contributed by atoms with Crippen molar-refractivity contribution in [3.05, 3.63) is 44.9 Å². The van der Waals surface area contributed by atoms with Crippen LogP contribution in [0.25, 0.3) is 21.5 Å². The molecule has 0 saturated heterocycles. The Labute approximate surface area is 119 Å². The molecule has 3 aromatic rings. The molecule has 3 rings (SSSR count). The van der Waals surface area contributed by atoms with Gasteiger partial charge in [-0.15, -0.1) is 11.3 Å². The minimum absolute atomic E-state index is 0.740. The zero-order chi connectivity index (χ0) is 11.8. The van der Waals surface area contributed by atoms with Crippen LogP contribution in [-0.2, 0) is 0 Å². The molecule has 17 heavy (non-hydrogen) atoms. The molecule has 2 nitrogen and oxygen atoms in total. The lowest BCUT2D eigenvalue weighted by molar-refractivity contribution is 1.13. The predicted molar refractivity (Wildman–Crippen MR) is 78.3 cm³/mol. The SMILES string of the molecule is Brc1cc(Br)nc(-c2csc3ccccc23)n1. The van der Waals surface area contributed by atoms with Gasteiger partial charge in [0.25, 0.3) is 0 Å². The summed E-state index contributed by atoms with van der Waals surface area (Å²) < 4.78 is 2.82. The molecule has 84 valence electrons. The van der Waals surface area contributed by atoms with Crippen molar-refractivity contribution in [2.75, 3.05) is 0 Å². The van der Waals surface area contributed by atoms with Crippen LogP contribution in [0.3, 0.4) is 0 Å². The van der Waals surface area contributed by atoms with Gasteiger partial charge in [0.05, 0.1) is 0 Å². The second-order valence-electron chi connectivity index (χ2n) is 3.48. The molecule has 0 bridgehead atoms. The number of aromatic nitrogens is 2. The number of rotatable bonds is 1. The molecule has 0 fully saturated rings. The Bertz CT molecular complexity index is 674. The Kier molecular flexibility index (Phi) is 2.98. The van der Waals surface area contributed by atoms with E-state index in [1.165, 1.54) is 10.1 Å². The third-order valence-electron chi connectivity index (χ3n) is 2.39. The first kappa shape index (κ1) is 11.3. The third kappa shape index (κ3) is 2.14. The highest BCUT2D eigenvalue weighted by Crippen LogP contribution is 2.32. The highest BCUT2D eigenvalue weighted by atomic mass is 79.9. The van der Waals surface area contributed by atoms with Crippen molar-refractivity contribution < 1.29 is 0 Å². The maximum Gasteiger partial charge on any atom is 0.163 e. The second-order valence-corrected chi connectivity index (χ2v) is 6.02. The van der Waals surface area contributed by atoms with E-state index in [0.717, 1.165) is 20.6 Å². The number of nitrogens with zero attached hydrogens (tertiary/aromatic N) is 2. The van der Waals surface area contributed by atoms with Gasteiger partial charge in [-0.2, -0.15) is 0 Å². The van der Waals surface area contributed by atoms with Crippen LogP contribution in [0.15, 0.2) is 44.9 Å². The van der Waals surface area contributed by atoms with Crippen LogP contribution >= 0.6 is 43.2 Å². The zero-order valence-electron chi connectivity index (χ0n) is 8.52.